The summed E-state index contributed by atoms with van der Waals surface area (Å²) >= 11 is 10.6. The third-order valence-electron chi connectivity index (χ3n) is 0. The predicted molar refractivity (Wildman–Crippen MR) is 39.5 cm³/mol. The summed E-state index contributed by atoms with van der Waals surface area (Å²) in [6.45, 7) is 0. The van der Waals surface area contributed by atoms with Crippen LogP contribution in [0, 0.1) is 0 Å². The summed E-state index contributed by atoms with van der Waals surface area (Å²) in [5.41, 5.74) is 0. The van der Waals surface area contributed by atoms with E-state index in [0.717, 1.165) is 16.5 Å². The van der Waals surface area contributed by atoms with E-state index < -0.39 is 0 Å². The molecule has 0 aliphatic rings. The molecule has 0 aliphatic carbocycles. The van der Waals surface area contributed by atoms with Crippen LogP contribution in [0.5, 0.6) is 0 Å². The Hall–Kier alpha value is 1.98. The van der Waals surface area contributed by atoms with E-state index in [2.05, 4.69) is 47.8 Å². The zero-order chi connectivity index (χ0) is 4.50. The van der Waals surface area contributed by atoms with Gasteiger partial charge in [-0.1, -0.05) is 0 Å². The van der Waals surface area contributed by atoms with Crippen molar-refractivity contribution in [2.24, 2.45) is 0 Å². The van der Waals surface area contributed by atoms with Gasteiger partial charge in [0, 0.05) is 0 Å². The zero-order valence-corrected chi connectivity index (χ0v) is 11.6. The van der Waals surface area contributed by atoms with Crippen LogP contribution in [0.3, 0.4) is 0 Å². The minimum absolute atomic E-state index is 0.125. The van der Waals surface area contributed by atoms with Gasteiger partial charge in [-0.25, -0.2) is 0 Å². The molecule has 0 bridgehead atoms. The SMILES string of the molecule is [GeH3][C](Br)(Br)Br. The Labute approximate surface area is 64.7 Å². The van der Waals surface area contributed by atoms with Crippen LogP contribution in [0.25, 0.3) is 0 Å². The molecule has 0 rings (SSSR count). The standard InChI is InChI=1S/CH3Br3Ge/c2-1(3,4)5/h5H3. The van der Waals surface area contributed by atoms with Crippen molar-refractivity contribution in [3.8, 4) is 0 Å². The fourth-order valence-electron chi connectivity index (χ4n) is 0. The van der Waals surface area contributed by atoms with E-state index in [-0.39, 0.29) is 0.975 Å². The average Bonchev–Trinajstić information content (AvgIpc) is 0.722. The molecule has 32 valence electrons. The molecule has 0 spiro atoms. The van der Waals surface area contributed by atoms with E-state index in [1.165, 1.54) is 0 Å². The van der Waals surface area contributed by atoms with Crippen molar-refractivity contribution in [2.45, 2.75) is 0.975 Å². The van der Waals surface area contributed by atoms with Gasteiger partial charge in [-0.15, -0.1) is 0 Å². The van der Waals surface area contributed by atoms with E-state index in [4.69, 9.17) is 0 Å². The van der Waals surface area contributed by atoms with Crippen LogP contribution in [-0.4, -0.2) is 17.5 Å². The summed E-state index contributed by atoms with van der Waals surface area (Å²) in [5.74, 6) is 0. The molecule has 0 N–H and O–H groups in total. The first-order valence-electron chi connectivity index (χ1n) is 1.07. The molecule has 0 radical (unpaired) electrons. The summed E-state index contributed by atoms with van der Waals surface area (Å²) in [5, 5.41) is 0. The summed E-state index contributed by atoms with van der Waals surface area (Å²) < 4.78 is 0.125. The van der Waals surface area contributed by atoms with Gasteiger partial charge in [-0.3, -0.25) is 0 Å². The van der Waals surface area contributed by atoms with Crippen molar-refractivity contribution < 1.29 is 0 Å². The van der Waals surface area contributed by atoms with Crippen molar-refractivity contribution in [3.63, 3.8) is 0 Å². The van der Waals surface area contributed by atoms with Crippen molar-refractivity contribution in [2.75, 3.05) is 0 Å². The van der Waals surface area contributed by atoms with E-state index >= 15 is 0 Å². The molecule has 0 heterocycles. The van der Waals surface area contributed by atoms with Crippen LogP contribution in [0.2, 0.25) is 0 Å². The van der Waals surface area contributed by atoms with Gasteiger partial charge in [0.25, 0.3) is 0 Å². The molecule has 4 heteroatoms. The Morgan fingerprint density at radius 3 is 1.20 bits per heavy atom. The Kier molecular flexibility index (Phi) is 3.26. The normalized spacial score (nSPS) is 12.6. The Morgan fingerprint density at radius 1 is 1.20 bits per heavy atom. The summed E-state index contributed by atoms with van der Waals surface area (Å²) in [6.07, 6.45) is 0. The Morgan fingerprint density at radius 2 is 1.20 bits per heavy atom. The van der Waals surface area contributed by atoms with Crippen LogP contribution in [0.15, 0.2) is 0 Å². The van der Waals surface area contributed by atoms with E-state index in [9.17, 15) is 0 Å². The van der Waals surface area contributed by atoms with Gasteiger partial charge in [0.05, 0.1) is 0 Å². The van der Waals surface area contributed by atoms with Gasteiger partial charge in [0.2, 0.25) is 0 Å². The van der Waals surface area contributed by atoms with Crippen LogP contribution < -0.4 is 0 Å². The van der Waals surface area contributed by atoms with Gasteiger partial charge in [0.1, 0.15) is 0 Å². The molecule has 0 unspecified atom stereocenters. The first-order chi connectivity index (χ1) is 2.00. The van der Waals surface area contributed by atoms with Crippen molar-refractivity contribution >= 4 is 64.3 Å². The molecule has 0 aromatic rings. The fraction of sp³-hybridized carbons (Fsp3) is 1.00. The van der Waals surface area contributed by atoms with E-state index in [1.807, 2.05) is 0 Å². The fourth-order valence-corrected chi connectivity index (χ4v) is 0. The zero-order valence-electron chi connectivity index (χ0n) is 2.63. The van der Waals surface area contributed by atoms with Crippen LogP contribution >= 0.6 is 47.8 Å². The molecule has 0 atom stereocenters. The van der Waals surface area contributed by atoms with Gasteiger partial charge in [0.15, 0.2) is 0 Å². The van der Waals surface area contributed by atoms with E-state index in [0.29, 0.717) is 0 Å². The van der Waals surface area contributed by atoms with Gasteiger partial charge in [-0.2, -0.15) is 0 Å². The number of hydrogen-bond donors (Lipinski definition) is 0. The van der Waals surface area contributed by atoms with Crippen LogP contribution in [0.4, 0.5) is 0 Å². The molecular weight excluding hydrogens is 324 g/mol. The van der Waals surface area contributed by atoms with Crippen molar-refractivity contribution in [3.05, 3.63) is 0 Å². The first-order valence-corrected chi connectivity index (χ1v) is 5.54. The van der Waals surface area contributed by atoms with Crippen LogP contribution in [-0.2, 0) is 0 Å². The average molecular weight is 327 g/mol. The Balaban J connectivity index is 3.02. The number of hydrogen-bond acceptors (Lipinski definition) is 0. The Bertz CT molecular complexity index is 22.4. The predicted octanol–water partition coefficient (Wildman–Crippen LogP) is 1.15. The maximum absolute atomic E-state index is 3.29. The molecule has 0 aliphatic heterocycles. The van der Waals surface area contributed by atoms with Crippen LogP contribution in [0.1, 0.15) is 0 Å². The second-order valence-electron chi connectivity index (χ2n) is 0.781. The third-order valence-corrected chi connectivity index (χ3v) is 0. The van der Waals surface area contributed by atoms with Crippen molar-refractivity contribution in [1.82, 2.24) is 0 Å². The monoisotopic (exact) mass is 326 g/mol. The van der Waals surface area contributed by atoms with Crippen molar-refractivity contribution in [1.29, 1.82) is 0 Å². The first kappa shape index (κ1) is 6.98. The number of alkyl halides is 3. The molecule has 5 heavy (non-hydrogen) atoms. The molecule has 0 aromatic carbocycles. The second kappa shape index (κ2) is 2.33. The van der Waals surface area contributed by atoms with Gasteiger partial charge >= 0.3 is 65.3 Å². The maximum atomic E-state index is 3.29. The third kappa shape index (κ3) is 24.1. The summed E-state index contributed by atoms with van der Waals surface area (Å²) in [6, 6.07) is 0. The number of rotatable bonds is 0. The van der Waals surface area contributed by atoms with Gasteiger partial charge in [-0.05, 0) is 0 Å². The molecular formula is CH3Br3Ge. The summed E-state index contributed by atoms with van der Waals surface area (Å²) in [4.78, 5) is 0. The molecule has 0 saturated carbocycles. The molecule has 0 aromatic heterocycles. The quantitative estimate of drug-likeness (QED) is 0.462. The number of halogens is 3. The topological polar surface area (TPSA) is 0 Å². The van der Waals surface area contributed by atoms with E-state index in [1.54, 1.807) is 0 Å². The summed E-state index contributed by atoms with van der Waals surface area (Å²) in [7, 11) is 0. The second-order valence-corrected chi connectivity index (χ2v) is 21.1. The van der Waals surface area contributed by atoms with Gasteiger partial charge < -0.3 is 0 Å². The molecule has 0 fully saturated rings. The molecule has 0 amide bonds. The molecule has 0 nitrogen and oxygen atoms in total. The minimum atomic E-state index is 0.125. The molecule has 0 saturated heterocycles.